The number of carbonyl (C=O) groups is 1. The van der Waals surface area contributed by atoms with Crippen LogP contribution >= 0.6 is 11.6 Å². The summed E-state index contributed by atoms with van der Waals surface area (Å²) in [5, 5.41) is 16.1. The number of halogens is 1. The molecule has 0 aliphatic carbocycles. The van der Waals surface area contributed by atoms with Gasteiger partial charge in [-0.25, -0.2) is 13.1 Å². The lowest BCUT2D eigenvalue weighted by Gasteiger charge is -2.24. The number of hydrogen-bond acceptors (Lipinski definition) is 5. The number of aryl methyl sites for hydroxylation is 2. The van der Waals surface area contributed by atoms with E-state index in [1.165, 1.54) is 35.0 Å². The van der Waals surface area contributed by atoms with E-state index < -0.39 is 15.9 Å². The number of anilines is 2. The fourth-order valence-corrected chi connectivity index (χ4v) is 4.97. The van der Waals surface area contributed by atoms with Gasteiger partial charge in [0.25, 0.3) is 15.9 Å². The Balaban J connectivity index is 1.92. The summed E-state index contributed by atoms with van der Waals surface area (Å²) >= 11 is 6.24. The van der Waals surface area contributed by atoms with Crippen LogP contribution in [0.25, 0.3) is 0 Å². The molecule has 10 heteroatoms. The van der Waals surface area contributed by atoms with Crippen LogP contribution < -0.4 is 9.62 Å². The van der Waals surface area contributed by atoms with E-state index in [1.54, 1.807) is 37.3 Å². The van der Waals surface area contributed by atoms with Crippen LogP contribution in [-0.2, 0) is 16.6 Å². The maximum absolute atomic E-state index is 13.4. The molecule has 1 N–H and O–H groups in total. The van der Waals surface area contributed by atoms with Gasteiger partial charge in [-0.05, 0) is 37.3 Å². The van der Waals surface area contributed by atoms with Crippen molar-refractivity contribution in [2.24, 2.45) is 0 Å². The standard InChI is InChI=1S/C23H22ClN5O3S/c1-3-13-29(21-11-5-4-10-20(21)24)33(31,32)19-9-6-8-18(16-19)23(30)26-22-15-17(2)27-28(22)14-7-12-25/h3-6,8-11,15-16H,1,7,13-14H2,2H3,(H,26,30). The predicted octanol–water partition coefficient (Wildman–Crippen LogP) is 4.39. The molecule has 0 aliphatic heterocycles. The number of aromatic nitrogens is 2. The van der Waals surface area contributed by atoms with Gasteiger partial charge in [0.1, 0.15) is 5.82 Å². The third kappa shape index (κ3) is 5.42. The van der Waals surface area contributed by atoms with Crippen LogP contribution in [0.15, 0.2) is 72.1 Å². The summed E-state index contributed by atoms with van der Waals surface area (Å²) in [4.78, 5) is 12.8. The van der Waals surface area contributed by atoms with Crippen LogP contribution in [-0.4, -0.2) is 30.7 Å². The summed E-state index contributed by atoms with van der Waals surface area (Å²) in [7, 11) is -4.04. The zero-order chi connectivity index (χ0) is 24.0. The van der Waals surface area contributed by atoms with E-state index in [-0.39, 0.29) is 28.4 Å². The lowest BCUT2D eigenvalue weighted by Crippen LogP contribution is -2.31. The van der Waals surface area contributed by atoms with Gasteiger partial charge in [0.05, 0.1) is 46.9 Å². The Morgan fingerprint density at radius 1 is 1.27 bits per heavy atom. The third-order valence-electron chi connectivity index (χ3n) is 4.68. The van der Waals surface area contributed by atoms with E-state index in [4.69, 9.17) is 16.9 Å². The molecule has 0 fully saturated rings. The highest BCUT2D eigenvalue weighted by molar-refractivity contribution is 7.92. The van der Waals surface area contributed by atoms with E-state index in [1.807, 2.05) is 6.07 Å². The highest BCUT2D eigenvalue weighted by atomic mass is 35.5. The number of benzene rings is 2. The second kappa shape index (κ2) is 10.3. The first-order valence-electron chi connectivity index (χ1n) is 9.99. The fraction of sp³-hybridized carbons (Fsp3) is 0.174. The van der Waals surface area contributed by atoms with Gasteiger partial charge in [-0.2, -0.15) is 10.4 Å². The molecule has 0 spiro atoms. The van der Waals surface area contributed by atoms with Crippen molar-refractivity contribution >= 4 is 39.0 Å². The third-order valence-corrected chi connectivity index (χ3v) is 6.77. The largest absolute Gasteiger partial charge is 0.307 e. The van der Waals surface area contributed by atoms with Crippen molar-refractivity contribution in [2.75, 3.05) is 16.2 Å². The average Bonchev–Trinajstić information content (AvgIpc) is 3.15. The number of sulfonamides is 1. The fourth-order valence-electron chi connectivity index (χ4n) is 3.18. The van der Waals surface area contributed by atoms with Gasteiger partial charge in [-0.3, -0.25) is 9.10 Å². The molecular formula is C23H22ClN5O3S. The summed E-state index contributed by atoms with van der Waals surface area (Å²) in [5.41, 5.74) is 1.14. The molecule has 1 aromatic heterocycles. The van der Waals surface area contributed by atoms with Gasteiger partial charge in [0, 0.05) is 11.6 Å². The molecule has 0 atom stereocenters. The minimum Gasteiger partial charge on any atom is -0.307 e. The number of hydrogen-bond donors (Lipinski definition) is 1. The van der Waals surface area contributed by atoms with E-state index in [0.717, 1.165) is 4.31 Å². The summed E-state index contributed by atoms with van der Waals surface area (Å²) in [6, 6.07) is 16.1. The topological polar surface area (TPSA) is 108 Å². The molecule has 1 amide bonds. The molecular weight excluding hydrogens is 462 g/mol. The summed E-state index contributed by atoms with van der Waals surface area (Å²) in [5.74, 6) is -0.0801. The molecule has 0 aliphatic rings. The first-order chi connectivity index (χ1) is 15.8. The molecule has 0 saturated carbocycles. The molecule has 0 bridgehead atoms. The molecule has 170 valence electrons. The molecule has 0 unspecified atom stereocenters. The van der Waals surface area contributed by atoms with Gasteiger partial charge < -0.3 is 5.32 Å². The van der Waals surface area contributed by atoms with Gasteiger partial charge >= 0.3 is 0 Å². The second-order valence-electron chi connectivity index (χ2n) is 7.06. The summed E-state index contributed by atoms with van der Waals surface area (Å²) < 4.78 is 29.5. The Morgan fingerprint density at radius 3 is 2.73 bits per heavy atom. The number of nitrogens with one attached hydrogen (secondary N) is 1. The van der Waals surface area contributed by atoms with E-state index >= 15 is 0 Å². The van der Waals surface area contributed by atoms with Crippen molar-refractivity contribution in [2.45, 2.75) is 24.8 Å². The SMILES string of the molecule is C=CCN(c1ccccc1Cl)S(=O)(=O)c1cccc(C(=O)Nc2cc(C)nn2CCC#N)c1. The zero-order valence-corrected chi connectivity index (χ0v) is 19.5. The first-order valence-corrected chi connectivity index (χ1v) is 11.8. The Hall–Kier alpha value is -3.61. The minimum absolute atomic E-state index is 0.000154. The van der Waals surface area contributed by atoms with Gasteiger partial charge in [-0.1, -0.05) is 35.9 Å². The van der Waals surface area contributed by atoms with Crippen molar-refractivity contribution in [3.05, 3.63) is 83.5 Å². The van der Waals surface area contributed by atoms with E-state index in [0.29, 0.717) is 23.7 Å². The molecule has 33 heavy (non-hydrogen) atoms. The molecule has 3 rings (SSSR count). The van der Waals surface area contributed by atoms with Crippen molar-refractivity contribution < 1.29 is 13.2 Å². The number of amides is 1. The Labute approximate surface area is 197 Å². The maximum Gasteiger partial charge on any atom is 0.264 e. The van der Waals surface area contributed by atoms with Gasteiger partial charge in [-0.15, -0.1) is 6.58 Å². The monoisotopic (exact) mass is 483 g/mol. The molecule has 0 saturated heterocycles. The van der Waals surface area contributed by atoms with Gasteiger partial charge in [0.15, 0.2) is 0 Å². The number of nitrogens with zero attached hydrogens (tertiary/aromatic N) is 4. The highest BCUT2D eigenvalue weighted by Gasteiger charge is 2.26. The normalized spacial score (nSPS) is 10.9. The lowest BCUT2D eigenvalue weighted by atomic mass is 10.2. The average molecular weight is 484 g/mol. The van der Waals surface area contributed by atoms with Crippen LogP contribution in [0.1, 0.15) is 22.5 Å². The maximum atomic E-state index is 13.4. The molecule has 1 heterocycles. The van der Waals surface area contributed by atoms with Crippen LogP contribution in [0.4, 0.5) is 11.5 Å². The zero-order valence-electron chi connectivity index (χ0n) is 17.9. The quantitative estimate of drug-likeness (QED) is 0.454. The smallest absolute Gasteiger partial charge is 0.264 e. The van der Waals surface area contributed by atoms with Crippen molar-refractivity contribution in [1.29, 1.82) is 5.26 Å². The molecule has 3 aromatic rings. The molecule has 0 radical (unpaired) electrons. The van der Waals surface area contributed by atoms with Crippen LogP contribution in [0.5, 0.6) is 0 Å². The highest BCUT2D eigenvalue weighted by Crippen LogP contribution is 2.30. The number of nitriles is 1. The number of rotatable bonds is 9. The first kappa shape index (κ1) is 24.0. The van der Waals surface area contributed by atoms with Crippen LogP contribution in [0.2, 0.25) is 5.02 Å². The van der Waals surface area contributed by atoms with E-state index in [9.17, 15) is 13.2 Å². The van der Waals surface area contributed by atoms with Crippen molar-refractivity contribution in [1.82, 2.24) is 9.78 Å². The second-order valence-corrected chi connectivity index (χ2v) is 9.33. The Bertz CT molecular complexity index is 1330. The molecule has 2 aromatic carbocycles. The minimum atomic E-state index is -4.04. The van der Waals surface area contributed by atoms with Crippen LogP contribution in [0, 0.1) is 18.3 Å². The number of para-hydroxylation sites is 1. The van der Waals surface area contributed by atoms with Crippen molar-refractivity contribution in [3.63, 3.8) is 0 Å². The Morgan fingerprint density at radius 2 is 2.03 bits per heavy atom. The predicted molar refractivity (Wildman–Crippen MR) is 128 cm³/mol. The molecule has 8 nitrogen and oxygen atoms in total. The summed E-state index contributed by atoms with van der Waals surface area (Å²) in [6.07, 6.45) is 1.70. The van der Waals surface area contributed by atoms with Gasteiger partial charge in [0.2, 0.25) is 0 Å². The van der Waals surface area contributed by atoms with E-state index in [2.05, 4.69) is 17.0 Å². The Kier molecular flexibility index (Phi) is 7.53. The van der Waals surface area contributed by atoms with Crippen LogP contribution in [0.3, 0.4) is 0 Å². The lowest BCUT2D eigenvalue weighted by molar-refractivity contribution is 0.102. The van der Waals surface area contributed by atoms with Crippen molar-refractivity contribution in [3.8, 4) is 6.07 Å². The number of carbonyl (C=O) groups excluding carboxylic acids is 1. The summed E-state index contributed by atoms with van der Waals surface area (Å²) in [6.45, 7) is 5.74.